The summed E-state index contributed by atoms with van der Waals surface area (Å²) in [5, 5.41) is 0.00556. The van der Waals surface area contributed by atoms with Gasteiger partial charge in [-0.2, -0.15) is 0 Å². The molecule has 3 atom stereocenters. The fourth-order valence-electron chi connectivity index (χ4n) is 5.11. The Labute approximate surface area is 211 Å². The van der Waals surface area contributed by atoms with Crippen LogP contribution in [0.25, 0.3) is 0 Å². The van der Waals surface area contributed by atoms with Gasteiger partial charge in [0.1, 0.15) is 16.8 Å². The number of benzene rings is 1. The van der Waals surface area contributed by atoms with Crippen molar-refractivity contribution in [3.05, 3.63) is 29.8 Å². The summed E-state index contributed by atoms with van der Waals surface area (Å²) in [4.78, 5) is 41.5. The molecule has 0 saturated carbocycles. The number of hydrogen-bond donors (Lipinski definition) is 0. The number of Topliss-reactive ketones (excluding diaryl/α,β-unsaturated/α-hetero) is 3. The Hall–Kier alpha value is -1.83. The third-order valence-electron chi connectivity index (χ3n) is 8.28. The second-order valence-corrected chi connectivity index (χ2v) is 16.6. The van der Waals surface area contributed by atoms with E-state index in [9.17, 15) is 14.4 Å². The number of anilines is 1. The van der Waals surface area contributed by atoms with Gasteiger partial charge >= 0.3 is 0 Å². The van der Waals surface area contributed by atoms with E-state index in [-0.39, 0.29) is 30.2 Å². The highest BCUT2D eigenvalue weighted by atomic mass is 28.4. The molecule has 0 aliphatic carbocycles. The van der Waals surface area contributed by atoms with Gasteiger partial charge in [-0.15, -0.1) is 0 Å². The van der Waals surface area contributed by atoms with Gasteiger partial charge in [-0.05, 0) is 37.5 Å². The lowest BCUT2D eigenvalue weighted by Crippen LogP contribution is -2.56. The van der Waals surface area contributed by atoms with Crippen LogP contribution in [0.4, 0.5) is 5.69 Å². The van der Waals surface area contributed by atoms with Gasteiger partial charge in [0.25, 0.3) is 0 Å². The smallest absolute Gasteiger partial charge is 0.213 e. The largest absolute Gasteiger partial charge is 0.403 e. The van der Waals surface area contributed by atoms with Crippen molar-refractivity contribution in [3.8, 4) is 0 Å². The number of carbonyl (C=O) groups excluding carboxylic acids is 3. The molecule has 1 saturated heterocycles. The summed E-state index contributed by atoms with van der Waals surface area (Å²) in [5.74, 6) is -1.26. The van der Waals surface area contributed by atoms with Crippen LogP contribution < -0.4 is 4.90 Å². The van der Waals surface area contributed by atoms with E-state index in [0.29, 0.717) is 19.4 Å². The van der Waals surface area contributed by atoms with Crippen molar-refractivity contribution in [3.63, 3.8) is 0 Å². The molecule has 1 aromatic carbocycles. The normalized spacial score (nSPS) is 23.5. The Morgan fingerprint density at radius 2 is 1.80 bits per heavy atom. The molecule has 2 aliphatic heterocycles. The molecule has 2 heterocycles. The van der Waals surface area contributed by atoms with E-state index in [1.807, 2.05) is 30.0 Å². The first-order valence-corrected chi connectivity index (χ1v) is 15.9. The third-order valence-corrected chi connectivity index (χ3v) is 12.8. The second kappa shape index (κ2) is 9.90. The van der Waals surface area contributed by atoms with Crippen molar-refractivity contribution in [2.45, 2.75) is 104 Å². The fourth-order valence-corrected chi connectivity index (χ4v) is 6.64. The van der Waals surface area contributed by atoms with Crippen LogP contribution >= 0.6 is 0 Å². The number of rotatable bonds is 11. The van der Waals surface area contributed by atoms with Crippen molar-refractivity contribution in [2.75, 3.05) is 18.1 Å². The molecule has 1 aromatic rings. The van der Waals surface area contributed by atoms with E-state index in [1.165, 1.54) is 0 Å². The molecule has 0 aromatic heterocycles. The molecular formula is C28H43NO5Si. The number of carbonyl (C=O) groups is 3. The molecule has 2 aliphatic rings. The Morgan fingerprint density at radius 3 is 2.40 bits per heavy atom. The van der Waals surface area contributed by atoms with Crippen LogP contribution in [0, 0.1) is 5.41 Å². The molecule has 0 amide bonds. The predicted molar refractivity (Wildman–Crippen MR) is 141 cm³/mol. The Balaban J connectivity index is 2.06. The maximum Gasteiger partial charge on any atom is 0.213 e. The van der Waals surface area contributed by atoms with Crippen LogP contribution in [0.15, 0.2) is 24.3 Å². The van der Waals surface area contributed by atoms with Gasteiger partial charge in [-0.25, -0.2) is 0 Å². The first kappa shape index (κ1) is 27.7. The van der Waals surface area contributed by atoms with Crippen molar-refractivity contribution < 1.29 is 23.5 Å². The fraction of sp³-hybridized carbons (Fsp3) is 0.679. The lowest BCUT2D eigenvalue weighted by atomic mass is 9.77. The van der Waals surface area contributed by atoms with Crippen LogP contribution in [0.5, 0.6) is 0 Å². The highest BCUT2D eigenvalue weighted by Gasteiger charge is 2.61. The summed E-state index contributed by atoms with van der Waals surface area (Å²) in [7, 11) is -2.20. The van der Waals surface area contributed by atoms with E-state index in [0.717, 1.165) is 17.7 Å². The zero-order chi connectivity index (χ0) is 26.2. The molecule has 35 heavy (non-hydrogen) atoms. The summed E-state index contributed by atoms with van der Waals surface area (Å²) in [5.41, 5.74) is -0.139. The number of hydrogen-bond acceptors (Lipinski definition) is 6. The van der Waals surface area contributed by atoms with Gasteiger partial charge < -0.3 is 14.1 Å². The van der Waals surface area contributed by atoms with E-state index in [2.05, 4.69) is 39.9 Å². The van der Waals surface area contributed by atoms with Crippen LogP contribution in [0.2, 0.25) is 18.1 Å². The van der Waals surface area contributed by atoms with Crippen molar-refractivity contribution in [2.24, 2.45) is 5.41 Å². The summed E-state index contributed by atoms with van der Waals surface area (Å²) >= 11 is 0. The van der Waals surface area contributed by atoms with Crippen LogP contribution in [0.1, 0.15) is 79.2 Å². The third kappa shape index (κ3) is 4.79. The maximum absolute atomic E-state index is 13.4. The summed E-state index contributed by atoms with van der Waals surface area (Å²) in [6.45, 7) is 17.1. The lowest BCUT2D eigenvalue weighted by Gasteiger charge is -2.45. The summed E-state index contributed by atoms with van der Waals surface area (Å²) in [6, 6.07) is 8.05. The molecule has 7 heteroatoms. The first-order chi connectivity index (χ1) is 16.2. The predicted octanol–water partition coefficient (Wildman–Crippen LogP) is 5.78. The topological polar surface area (TPSA) is 72.9 Å². The second-order valence-electron chi connectivity index (χ2n) is 11.8. The highest BCUT2D eigenvalue weighted by Crippen LogP contribution is 2.55. The Morgan fingerprint density at radius 1 is 1.14 bits per heavy atom. The van der Waals surface area contributed by atoms with Crippen LogP contribution in [-0.4, -0.2) is 45.0 Å². The van der Waals surface area contributed by atoms with Crippen molar-refractivity contribution in [1.82, 2.24) is 0 Å². The Kier molecular flexibility index (Phi) is 7.85. The number of fused-ring (bicyclic) bond motifs is 3. The van der Waals surface area contributed by atoms with Gasteiger partial charge in [-0.1, -0.05) is 59.2 Å². The number of para-hydroxylation sites is 1. The minimum atomic E-state index is -2.20. The van der Waals surface area contributed by atoms with Gasteiger partial charge in [0.15, 0.2) is 20.3 Å². The van der Waals surface area contributed by atoms with Gasteiger partial charge in [-0.3, -0.25) is 14.4 Å². The molecule has 0 unspecified atom stereocenters. The molecule has 0 N–H and O–H groups in total. The van der Waals surface area contributed by atoms with Crippen molar-refractivity contribution in [1.29, 1.82) is 0 Å². The number of ether oxygens (including phenoxy) is 1. The van der Waals surface area contributed by atoms with E-state index in [1.54, 1.807) is 13.8 Å². The standard InChI is InChI=1S/C28H43NO5Si/c1-9-11-16-22(30)24(32)27(6,23(31)10-2)19-29-21-15-13-12-14-20(21)28(17-18-33-25(28)29)34-35(7,8)26(3,4)5/h12-15,25H,9-11,16-19H2,1-8H3/t25-,27-,28+/m0/s1. The zero-order valence-electron chi connectivity index (χ0n) is 22.8. The van der Waals surface area contributed by atoms with E-state index in [4.69, 9.17) is 9.16 Å². The number of nitrogens with zero attached hydrogens (tertiary/aromatic N) is 1. The monoisotopic (exact) mass is 501 g/mol. The lowest BCUT2D eigenvalue weighted by molar-refractivity contribution is -0.147. The highest BCUT2D eigenvalue weighted by molar-refractivity contribution is 6.74. The molecule has 3 rings (SSSR count). The van der Waals surface area contributed by atoms with Crippen LogP contribution in [-0.2, 0) is 29.1 Å². The zero-order valence-corrected chi connectivity index (χ0v) is 23.8. The molecule has 1 fully saturated rings. The summed E-state index contributed by atoms with van der Waals surface area (Å²) < 4.78 is 13.4. The molecule has 194 valence electrons. The molecular weight excluding hydrogens is 458 g/mol. The summed E-state index contributed by atoms with van der Waals surface area (Å²) in [6.07, 6.45) is 2.09. The molecule has 0 spiro atoms. The minimum absolute atomic E-state index is 0.00556. The van der Waals surface area contributed by atoms with Crippen LogP contribution in [0.3, 0.4) is 0 Å². The van der Waals surface area contributed by atoms with Gasteiger partial charge in [0.2, 0.25) is 5.78 Å². The molecule has 6 nitrogen and oxygen atoms in total. The number of ketones is 3. The molecule has 0 radical (unpaired) electrons. The molecule has 0 bridgehead atoms. The quantitative estimate of drug-likeness (QED) is 0.217. The van der Waals surface area contributed by atoms with Crippen molar-refractivity contribution >= 4 is 31.4 Å². The minimum Gasteiger partial charge on any atom is -0.403 e. The van der Waals surface area contributed by atoms with Gasteiger partial charge in [0, 0.05) is 37.1 Å². The van der Waals surface area contributed by atoms with E-state index < -0.39 is 37.1 Å². The first-order valence-electron chi connectivity index (χ1n) is 13.0. The Bertz CT molecular complexity index is 984. The SMILES string of the molecule is CCCCC(=O)C(=O)[C@@](C)(CN1c2ccccc2[C@]2(O[Si](C)(C)C(C)(C)C)CCO[C@H]12)C(=O)CC. The average molecular weight is 502 g/mol. The van der Waals surface area contributed by atoms with E-state index >= 15 is 0 Å². The van der Waals surface area contributed by atoms with Gasteiger partial charge in [0.05, 0.1) is 6.61 Å². The number of unbranched alkanes of at least 4 members (excludes halogenated alkanes) is 1. The average Bonchev–Trinajstić information content (AvgIpc) is 3.31. The maximum atomic E-state index is 13.4.